The maximum absolute atomic E-state index is 16.4. The third kappa shape index (κ3) is 7.10. The average Bonchev–Trinajstić information content (AvgIpc) is 4.04. The van der Waals surface area contributed by atoms with Gasteiger partial charge in [0.05, 0.1) is 50.7 Å². The van der Waals surface area contributed by atoms with E-state index in [0.29, 0.717) is 39.1 Å². The number of hydrogen-bond acceptors (Lipinski definition) is 9. The van der Waals surface area contributed by atoms with Crippen LogP contribution in [0.15, 0.2) is 24.4 Å². The number of ether oxygens (including phenoxy) is 4. The SMILES string of the molecule is Cn1nccc1C(=O)N[C@H](C(=O)Nc1cc2c(cc1F)C(N1CC(C(F)(F)F)OC(C3COC3)C1=O)CC1(CCN(C3COC3)CC1)O2)C(C1CC1)C1CC1. The maximum Gasteiger partial charge on any atom is 0.416 e. The number of anilines is 1. The Morgan fingerprint density at radius 3 is 2.27 bits per heavy atom. The first kappa shape index (κ1) is 36.8. The molecule has 6 fully saturated rings. The summed E-state index contributed by atoms with van der Waals surface area (Å²) in [4.78, 5) is 45.2. The number of aromatic nitrogens is 2. The van der Waals surface area contributed by atoms with Gasteiger partial charge in [-0.15, -0.1) is 0 Å². The lowest BCUT2D eigenvalue weighted by Crippen LogP contribution is -2.63. The first-order valence-corrected chi connectivity index (χ1v) is 19.4. The first-order valence-electron chi connectivity index (χ1n) is 19.4. The molecule has 4 saturated heterocycles. The Kier molecular flexibility index (Phi) is 9.36. The summed E-state index contributed by atoms with van der Waals surface area (Å²) in [7, 11) is 1.63. The minimum absolute atomic E-state index is 0.105. The molecule has 4 atom stereocenters. The van der Waals surface area contributed by atoms with Crippen LogP contribution in [0.5, 0.6) is 5.75 Å². The van der Waals surface area contributed by atoms with Crippen LogP contribution in [0.2, 0.25) is 0 Å². The van der Waals surface area contributed by atoms with Gasteiger partial charge in [-0.2, -0.15) is 18.3 Å². The van der Waals surface area contributed by atoms with Crippen LogP contribution in [0.1, 0.15) is 67.0 Å². The molecule has 9 rings (SSSR count). The Bertz CT molecular complexity index is 1810. The van der Waals surface area contributed by atoms with Gasteiger partial charge in [-0.3, -0.25) is 24.0 Å². The number of amides is 3. The summed E-state index contributed by atoms with van der Waals surface area (Å²) < 4.78 is 83.6. The van der Waals surface area contributed by atoms with Crippen molar-refractivity contribution >= 4 is 23.4 Å². The molecule has 2 saturated carbocycles. The third-order valence-corrected chi connectivity index (χ3v) is 12.8. The topological polar surface area (TPSA) is 136 Å². The van der Waals surface area contributed by atoms with Gasteiger partial charge in [0.25, 0.3) is 11.8 Å². The smallest absolute Gasteiger partial charge is 0.416 e. The largest absolute Gasteiger partial charge is 0.487 e. The van der Waals surface area contributed by atoms with Crippen LogP contribution in [0.4, 0.5) is 23.2 Å². The number of likely N-dealkylation sites (tertiary alicyclic amines) is 1. The van der Waals surface area contributed by atoms with Crippen LogP contribution in [0.25, 0.3) is 0 Å². The number of fused-ring (bicyclic) bond motifs is 1. The molecule has 1 aromatic carbocycles. The molecule has 3 unspecified atom stereocenters. The van der Waals surface area contributed by atoms with Gasteiger partial charge in [0.15, 0.2) is 6.10 Å². The van der Waals surface area contributed by atoms with Crippen LogP contribution in [0.3, 0.4) is 0 Å². The number of carbonyl (C=O) groups is 3. The number of nitrogens with zero attached hydrogens (tertiary/aromatic N) is 4. The standard InChI is InChI=1S/C38H46F4N6O7/c1-46-27(6-9-43-46)34(49)45-32(31(20-2-3-20)21-4-5-21)35(50)44-26-13-29-24(12-25(26)39)28(14-37(55-29)7-10-47(11-8-37)23-18-53-19-23)48-15-30(38(40,41)42)54-33(36(48)51)22-16-52-17-22/h6,9,12-13,20-23,28,30-33H,2-5,7-8,10-11,14-19H2,1H3,(H,44,50)(H,45,49)/t28?,30?,32-,33?/m0/s1. The molecule has 2 N–H and O–H groups in total. The fourth-order valence-electron chi connectivity index (χ4n) is 9.23. The zero-order chi connectivity index (χ0) is 38.2. The number of piperidine rings is 1. The van der Waals surface area contributed by atoms with Crippen LogP contribution in [0, 0.1) is 29.5 Å². The van der Waals surface area contributed by atoms with Crippen LogP contribution in [-0.4, -0.2) is 119 Å². The molecule has 7 aliphatic rings. The van der Waals surface area contributed by atoms with Gasteiger partial charge in [-0.1, -0.05) is 0 Å². The van der Waals surface area contributed by atoms with E-state index in [9.17, 15) is 27.6 Å². The number of carbonyl (C=O) groups excluding carboxylic acids is 3. The molecular formula is C38H46F4N6O7. The van der Waals surface area contributed by atoms with E-state index in [1.807, 2.05) is 0 Å². The third-order valence-electron chi connectivity index (χ3n) is 12.8. The molecule has 0 bridgehead atoms. The quantitative estimate of drug-likeness (QED) is 0.348. The molecule has 1 spiro atoms. The minimum atomic E-state index is -4.75. The second-order valence-corrected chi connectivity index (χ2v) is 16.5. The van der Waals surface area contributed by atoms with E-state index in [0.717, 1.165) is 25.7 Å². The second-order valence-electron chi connectivity index (χ2n) is 16.5. The number of benzene rings is 1. The first-order chi connectivity index (χ1) is 26.4. The van der Waals surface area contributed by atoms with E-state index >= 15 is 4.39 Å². The lowest BCUT2D eigenvalue weighted by atomic mass is 9.79. The van der Waals surface area contributed by atoms with E-state index in [1.54, 1.807) is 13.1 Å². The summed E-state index contributed by atoms with van der Waals surface area (Å²) in [5.74, 6) is -2.42. The Morgan fingerprint density at radius 2 is 1.71 bits per heavy atom. The second kappa shape index (κ2) is 14.0. The number of alkyl halides is 3. The number of nitrogens with one attached hydrogen (secondary N) is 2. The molecular weight excluding hydrogens is 728 g/mol. The van der Waals surface area contributed by atoms with E-state index in [1.165, 1.54) is 27.9 Å². The molecule has 6 heterocycles. The molecule has 1 aromatic heterocycles. The summed E-state index contributed by atoms with van der Waals surface area (Å²) >= 11 is 0. The molecule has 55 heavy (non-hydrogen) atoms. The molecule has 2 aliphatic carbocycles. The Balaban J connectivity index is 1.04. The monoisotopic (exact) mass is 774 g/mol. The van der Waals surface area contributed by atoms with Gasteiger partial charge >= 0.3 is 6.18 Å². The molecule has 298 valence electrons. The summed E-state index contributed by atoms with van der Waals surface area (Å²) in [6.45, 7) is 2.00. The van der Waals surface area contributed by atoms with Crippen molar-refractivity contribution in [3.05, 3.63) is 41.5 Å². The minimum Gasteiger partial charge on any atom is -0.487 e. The molecule has 13 nitrogen and oxygen atoms in total. The van der Waals surface area contributed by atoms with E-state index in [2.05, 4.69) is 20.6 Å². The van der Waals surface area contributed by atoms with Crippen molar-refractivity contribution in [1.82, 2.24) is 24.9 Å². The Hall–Kier alpha value is -3.80. The number of aryl methyl sites for hydroxylation is 1. The van der Waals surface area contributed by atoms with E-state index < -0.39 is 72.1 Å². The van der Waals surface area contributed by atoms with Crippen molar-refractivity contribution in [3.63, 3.8) is 0 Å². The molecule has 0 radical (unpaired) electrons. The highest BCUT2D eigenvalue weighted by Crippen LogP contribution is 2.52. The van der Waals surface area contributed by atoms with Crippen LogP contribution >= 0.6 is 0 Å². The fourth-order valence-corrected chi connectivity index (χ4v) is 9.23. The van der Waals surface area contributed by atoms with Crippen molar-refractivity contribution in [2.24, 2.45) is 30.7 Å². The van der Waals surface area contributed by atoms with Crippen molar-refractivity contribution in [2.75, 3.05) is 51.4 Å². The lowest BCUT2D eigenvalue weighted by Gasteiger charge is -2.52. The van der Waals surface area contributed by atoms with Gasteiger partial charge in [0.1, 0.15) is 35.0 Å². The van der Waals surface area contributed by atoms with Gasteiger partial charge in [-0.05, 0) is 68.4 Å². The van der Waals surface area contributed by atoms with Crippen molar-refractivity contribution in [3.8, 4) is 5.75 Å². The zero-order valence-corrected chi connectivity index (χ0v) is 30.6. The summed E-state index contributed by atoms with van der Waals surface area (Å²) in [5, 5.41) is 9.76. The van der Waals surface area contributed by atoms with Gasteiger partial charge < -0.3 is 34.5 Å². The Labute approximate surface area is 315 Å². The molecule has 17 heteroatoms. The highest BCUT2D eigenvalue weighted by molar-refractivity contribution is 6.01. The predicted molar refractivity (Wildman–Crippen MR) is 185 cm³/mol. The van der Waals surface area contributed by atoms with Gasteiger partial charge in [0.2, 0.25) is 5.91 Å². The summed E-state index contributed by atoms with van der Waals surface area (Å²) in [6.07, 6.45) is -1.89. The fraction of sp³-hybridized carbons (Fsp3) is 0.684. The van der Waals surface area contributed by atoms with Gasteiger partial charge in [0, 0.05) is 50.3 Å². The number of morpholine rings is 1. The Morgan fingerprint density at radius 1 is 1.02 bits per heavy atom. The van der Waals surface area contributed by atoms with Crippen molar-refractivity contribution < 1.29 is 50.9 Å². The van der Waals surface area contributed by atoms with E-state index in [4.69, 9.17) is 18.9 Å². The van der Waals surface area contributed by atoms with E-state index in [-0.39, 0.29) is 66.1 Å². The highest BCUT2D eigenvalue weighted by atomic mass is 19.4. The lowest BCUT2D eigenvalue weighted by molar-refractivity contribution is -0.267. The maximum atomic E-state index is 16.4. The zero-order valence-electron chi connectivity index (χ0n) is 30.6. The average molecular weight is 775 g/mol. The molecule has 3 amide bonds. The molecule has 5 aliphatic heterocycles. The van der Waals surface area contributed by atoms with Crippen molar-refractivity contribution in [2.45, 2.75) is 87.1 Å². The van der Waals surface area contributed by atoms with Crippen molar-refractivity contribution in [1.29, 1.82) is 0 Å². The predicted octanol–water partition coefficient (Wildman–Crippen LogP) is 3.59. The number of halogens is 4. The highest BCUT2D eigenvalue weighted by Gasteiger charge is 2.56. The van der Waals surface area contributed by atoms with Gasteiger partial charge in [-0.25, -0.2) is 4.39 Å². The summed E-state index contributed by atoms with van der Waals surface area (Å²) in [5.41, 5.74) is -0.548. The molecule has 2 aromatic rings. The van der Waals surface area contributed by atoms with Crippen LogP contribution in [-0.2, 0) is 30.8 Å². The summed E-state index contributed by atoms with van der Waals surface area (Å²) in [6, 6.07) is 2.48. The normalized spacial score (nSPS) is 27.9. The number of hydrogen-bond donors (Lipinski definition) is 2. The van der Waals surface area contributed by atoms with Crippen LogP contribution < -0.4 is 15.4 Å². The number of rotatable bonds is 10.